The summed E-state index contributed by atoms with van der Waals surface area (Å²) in [6.07, 6.45) is 1.62. The average molecular weight is 653 g/mol. The predicted molar refractivity (Wildman–Crippen MR) is 163 cm³/mol. The van der Waals surface area contributed by atoms with Crippen molar-refractivity contribution in [2.75, 3.05) is 28.2 Å². The second kappa shape index (κ2) is 12.5. The van der Waals surface area contributed by atoms with Gasteiger partial charge in [-0.25, -0.2) is 31.2 Å². The van der Waals surface area contributed by atoms with E-state index in [1.807, 2.05) is 0 Å². The zero-order valence-electron chi connectivity index (χ0n) is 22.2. The molecule has 10 nitrogen and oxygen atoms in total. The second-order valence-electron chi connectivity index (χ2n) is 9.32. The van der Waals surface area contributed by atoms with E-state index in [4.69, 9.17) is 21.1 Å². The minimum Gasteiger partial charge on any atom is -0.492 e. The lowest BCUT2D eigenvalue weighted by molar-refractivity contribution is 0.306. The lowest BCUT2D eigenvalue weighted by atomic mass is 10.2. The van der Waals surface area contributed by atoms with Gasteiger partial charge in [0.1, 0.15) is 36.1 Å². The van der Waals surface area contributed by atoms with Crippen LogP contribution in [0.3, 0.4) is 0 Å². The van der Waals surface area contributed by atoms with Gasteiger partial charge < -0.3 is 14.8 Å². The fourth-order valence-corrected chi connectivity index (χ4v) is 10.7. The zero-order chi connectivity index (χ0) is 29.9. The van der Waals surface area contributed by atoms with Crippen LogP contribution in [0.2, 0.25) is 5.02 Å². The van der Waals surface area contributed by atoms with Crippen molar-refractivity contribution in [3.05, 3.63) is 77.3 Å². The minimum atomic E-state index is -4.04. The molecule has 0 saturated carbocycles. The Morgan fingerprint density at radius 2 is 1.93 bits per heavy atom. The minimum absolute atomic E-state index is 0.129. The number of anilines is 3. The van der Waals surface area contributed by atoms with Crippen LogP contribution in [0.1, 0.15) is 18.9 Å². The molecule has 1 atom stereocenters. The molecular weight excluding hydrogens is 627 g/mol. The first-order valence-corrected chi connectivity index (χ1v) is 17.8. The van der Waals surface area contributed by atoms with Crippen molar-refractivity contribution in [3.8, 4) is 11.5 Å². The summed E-state index contributed by atoms with van der Waals surface area (Å²) < 4.78 is 77.8. The van der Waals surface area contributed by atoms with E-state index in [0.29, 0.717) is 44.5 Å². The van der Waals surface area contributed by atoms with Gasteiger partial charge in [-0.15, -0.1) is 0 Å². The van der Waals surface area contributed by atoms with Crippen molar-refractivity contribution in [3.63, 3.8) is 0 Å². The molecule has 1 aromatic heterocycles. The van der Waals surface area contributed by atoms with E-state index in [2.05, 4.69) is 20.0 Å². The fraction of sp³-hybridized carbons (Fsp3) is 0.259. The van der Waals surface area contributed by atoms with E-state index < -0.39 is 29.9 Å². The zero-order valence-corrected chi connectivity index (χ0v) is 25.4. The second-order valence-corrected chi connectivity index (χ2v) is 15.9. The third kappa shape index (κ3) is 7.17. The van der Waals surface area contributed by atoms with Crippen molar-refractivity contribution in [2.24, 2.45) is 0 Å². The van der Waals surface area contributed by atoms with E-state index in [1.165, 1.54) is 24.5 Å². The number of ether oxygens (including phenoxy) is 2. The number of nitrogens with zero attached hydrogens (tertiary/aromatic N) is 2. The first-order chi connectivity index (χ1) is 20.0. The topological polar surface area (TPSA) is 137 Å². The molecule has 15 heteroatoms. The molecule has 0 spiro atoms. The maximum Gasteiger partial charge on any atom is 0.234 e. The van der Waals surface area contributed by atoms with E-state index in [1.54, 1.807) is 43.3 Å². The number of benzene rings is 3. The Morgan fingerprint density at radius 3 is 2.64 bits per heavy atom. The molecule has 222 valence electrons. The molecule has 3 aromatic carbocycles. The van der Waals surface area contributed by atoms with Crippen molar-refractivity contribution in [1.29, 1.82) is 0 Å². The molecule has 42 heavy (non-hydrogen) atoms. The number of fused-ring (bicyclic) bond motifs is 1. The number of hydrogen-bond donors (Lipinski definition) is 2. The van der Waals surface area contributed by atoms with Gasteiger partial charge >= 0.3 is 0 Å². The number of nitrogens with one attached hydrogen (secondary N) is 2. The first-order valence-electron chi connectivity index (χ1n) is 12.8. The van der Waals surface area contributed by atoms with Crippen molar-refractivity contribution in [2.45, 2.75) is 25.2 Å². The smallest absolute Gasteiger partial charge is 0.234 e. The lowest BCUT2D eigenvalue weighted by Gasteiger charge is -2.17. The van der Waals surface area contributed by atoms with Crippen molar-refractivity contribution >= 4 is 69.4 Å². The molecule has 5 rings (SSSR count). The Kier molecular flexibility index (Phi) is 8.97. The van der Waals surface area contributed by atoms with Crippen LogP contribution in [0.4, 0.5) is 21.6 Å². The van der Waals surface area contributed by atoms with Gasteiger partial charge in [-0.2, -0.15) is 0 Å². The number of sulfonamides is 1. The van der Waals surface area contributed by atoms with Gasteiger partial charge in [-0.3, -0.25) is 4.72 Å². The summed E-state index contributed by atoms with van der Waals surface area (Å²) in [4.78, 5) is 8.62. The number of hydrogen-bond acceptors (Lipinski definition) is 10. The molecule has 1 fully saturated rings. The van der Waals surface area contributed by atoms with Gasteiger partial charge in [-0.05, 0) is 66.1 Å². The number of aromatic nitrogens is 2. The third-order valence-electron chi connectivity index (χ3n) is 6.28. The van der Waals surface area contributed by atoms with Crippen molar-refractivity contribution < 1.29 is 30.7 Å². The summed E-state index contributed by atoms with van der Waals surface area (Å²) in [6.45, 7) is 2.15. The van der Waals surface area contributed by atoms with Gasteiger partial charge in [0.05, 0.1) is 33.8 Å². The quantitative estimate of drug-likeness (QED) is 0.194. The van der Waals surface area contributed by atoms with Crippen LogP contribution in [-0.4, -0.2) is 50.2 Å². The molecule has 1 aliphatic heterocycles. The van der Waals surface area contributed by atoms with Crippen LogP contribution in [0.5, 0.6) is 11.5 Å². The summed E-state index contributed by atoms with van der Waals surface area (Å²) in [5.41, 5.74) is 1.83. The van der Waals surface area contributed by atoms with Gasteiger partial charge in [0.2, 0.25) is 18.9 Å². The molecular formula is C27H26ClFN4O6S3. The molecule has 2 heterocycles. The van der Waals surface area contributed by atoms with Crippen LogP contribution in [0.15, 0.2) is 60.9 Å². The largest absolute Gasteiger partial charge is 0.492 e. The molecule has 0 radical (unpaired) electrons. The van der Waals surface area contributed by atoms with Crippen LogP contribution < -0.4 is 19.5 Å². The van der Waals surface area contributed by atoms with E-state index in [9.17, 15) is 21.2 Å². The molecule has 1 aliphatic rings. The number of rotatable bonds is 11. The lowest BCUT2D eigenvalue weighted by Crippen LogP contribution is -2.28. The van der Waals surface area contributed by atoms with Crippen molar-refractivity contribution in [1.82, 2.24) is 9.97 Å². The molecule has 0 amide bonds. The summed E-state index contributed by atoms with van der Waals surface area (Å²) in [7, 11) is -6.80. The normalized spacial score (nSPS) is 16.3. The molecule has 0 aliphatic carbocycles. The molecule has 0 bridgehead atoms. The van der Waals surface area contributed by atoms with Crippen LogP contribution in [0, 0.1) is 5.82 Å². The molecule has 4 aromatic rings. The highest BCUT2D eigenvalue weighted by atomic mass is 35.5. The number of halogens is 2. The maximum absolute atomic E-state index is 13.5. The highest BCUT2D eigenvalue weighted by Gasteiger charge is 2.36. The highest BCUT2D eigenvalue weighted by molar-refractivity contribution is 8.72. The Hall–Kier alpha value is -3.33. The van der Waals surface area contributed by atoms with E-state index >= 15 is 0 Å². The Balaban J connectivity index is 1.39. The SMILES string of the molecule is CCOc1cc2ncnc(Nc3ccc(OCc4cccc(F)c4)c(Cl)c3)c2cc1NS(=O)(=O)CC1CCSS1(=O)=O. The van der Waals surface area contributed by atoms with Gasteiger partial charge in [0, 0.05) is 22.9 Å². The summed E-state index contributed by atoms with van der Waals surface area (Å²) in [5, 5.41) is 2.97. The maximum atomic E-state index is 13.5. The standard InChI is InChI=1S/C27H26ClFN4O6S3/c1-2-38-26-13-23-21(12-24(26)33-41(34,35)15-20-8-9-40-42(20,36)37)27(31-16-30-23)32-19-6-7-25(22(28)11-19)39-14-17-4-3-5-18(29)10-17/h3-7,10-13,16,20,33H,2,8-9,14-15H2,1H3,(H,30,31,32). The highest BCUT2D eigenvalue weighted by Crippen LogP contribution is 2.36. The molecule has 2 N–H and O–H groups in total. The van der Waals surface area contributed by atoms with E-state index in [0.717, 1.165) is 10.8 Å². The summed E-state index contributed by atoms with van der Waals surface area (Å²) >= 11 is 6.45. The Labute approximate surface area is 251 Å². The predicted octanol–water partition coefficient (Wildman–Crippen LogP) is 5.72. The van der Waals surface area contributed by atoms with Gasteiger partial charge in [0.25, 0.3) is 0 Å². The van der Waals surface area contributed by atoms with Crippen LogP contribution in [0.25, 0.3) is 10.9 Å². The summed E-state index contributed by atoms with van der Waals surface area (Å²) in [6, 6.07) is 14.2. The van der Waals surface area contributed by atoms with E-state index in [-0.39, 0.29) is 36.9 Å². The monoisotopic (exact) mass is 652 g/mol. The third-order valence-corrected chi connectivity index (χ3v) is 12.4. The van der Waals surface area contributed by atoms with Crippen LogP contribution >= 0.6 is 22.4 Å². The Bertz CT molecular complexity index is 1840. The van der Waals surface area contributed by atoms with Gasteiger partial charge in [0.15, 0.2) is 0 Å². The molecule has 1 saturated heterocycles. The molecule has 1 unspecified atom stereocenters. The average Bonchev–Trinajstić information content (AvgIpc) is 3.25. The Morgan fingerprint density at radius 1 is 1.10 bits per heavy atom. The fourth-order valence-electron chi connectivity index (χ4n) is 4.32. The first kappa shape index (κ1) is 30.1. The summed E-state index contributed by atoms with van der Waals surface area (Å²) in [5.74, 6) is 0.449. The van der Waals surface area contributed by atoms with Crippen LogP contribution in [-0.2, 0) is 25.5 Å². The van der Waals surface area contributed by atoms with Gasteiger partial charge in [-0.1, -0.05) is 23.7 Å².